The van der Waals surface area contributed by atoms with Crippen molar-refractivity contribution in [3.05, 3.63) is 71.0 Å². The number of esters is 1. The van der Waals surface area contributed by atoms with Crippen molar-refractivity contribution in [1.29, 1.82) is 0 Å². The van der Waals surface area contributed by atoms with Gasteiger partial charge in [0.15, 0.2) is 5.76 Å². The van der Waals surface area contributed by atoms with Crippen LogP contribution in [-0.4, -0.2) is 25.1 Å². The van der Waals surface area contributed by atoms with E-state index in [9.17, 15) is 9.59 Å². The van der Waals surface area contributed by atoms with E-state index in [1.165, 1.54) is 6.26 Å². The number of thiophene rings is 1. The molecule has 26 heavy (non-hydrogen) atoms. The number of hydrogen-bond acceptors (Lipinski definition) is 6. The molecule has 0 bridgehead atoms. The van der Waals surface area contributed by atoms with Crippen molar-refractivity contribution >= 4 is 28.2 Å². The molecule has 0 aliphatic rings. The first-order chi connectivity index (χ1) is 12.6. The van der Waals surface area contributed by atoms with E-state index in [0.717, 1.165) is 22.6 Å². The largest absolute Gasteiger partial charge is 0.490 e. The van der Waals surface area contributed by atoms with Crippen LogP contribution in [0.5, 0.6) is 5.75 Å². The van der Waals surface area contributed by atoms with Gasteiger partial charge >= 0.3 is 5.97 Å². The summed E-state index contributed by atoms with van der Waals surface area (Å²) in [7, 11) is 0. The molecule has 2 heterocycles. The van der Waals surface area contributed by atoms with Gasteiger partial charge in [-0.05, 0) is 48.9 Å². The molecule has 3 rings (SSSR count). The summed E-state index contributed by atoms with van der Waals surface area (Å²) in [6, 6.07) is 14.1. The minimum atomic E-state index is -0.457. The lowest BCUT2D eigenvalue weighted by atomic mass is 10.2. The molecular weight excluding hydrogens is 354 g/mol. The van der Waals surface area contributed by atoms with Crippen LogP contribution in [0.4, 0.5) is 5.00 Å². The first-order valence-corrected chi connectivity index (χ1v) is 8.75. The molecule has 0 saturated heterocycles. The fourth-order valence-corrected chi connectivity index (χ4v) is 2.96. The highest BCUT2D eigenvalue weighted by Gasteiger charge is 2.14. The predicted molar refractivity (Wildman–Crippen MR) is 97.9 cm³/mol. The molecule has 2 aromatic heterocycles. The molecule has 6 nitrogen and oxygen atoms in total. The van der Waals surface area contributed by atoms with Gasteiger partial charge in [0.1, 0.15) is 23.8 Å². The van der Waals surface area contributed by atoms with E-state index in [2.05, 4.69) is 5.32 Å². The second kappa shape index (κ2) is 8.35. The number of anilines is 1. The third kappa shape index (κ3) is 4.73. The molecule has 0 spiro atoms. The lowest BCUT2D eigenvalue weighted by Gasteiger charge is -2.07. The summed E-state index contributed by atoms with van der Waals surface area (Å²) >= 11 is 1.13. The van der Waals surface area contributed by atoms with Gasteiger partial charge in [0.25, 0.3) is 5.91 Å². The Morgan fingerprint density at radius 2 is 2.00 bits per heavy atom. The Morgan fingerprint density at radius 3 is 2.77 bits per heavy atom. The van der Waals surface area contributed by atoms with E-state index < -0.39 is 5.97 Å². The van der Waals surface area contributed by atoms with Crippen LogP contribution in [0.15, 0.2) is 59.2 Å². The molecule has 0 radical (unpaired) electrons. The Kier molecular flexibility index (Phi) is 5.70. The number of aryl methyl sites for hydroxylation is 1. The number of amides is 1. The topological polar surface area (TPSA) is 77.8 Å². The second-order valence-electron chi connectivity index (χ2n) is 5.40. The number of benzene rings is 1. The molecule has 0 aliphatic heterocycles. The molecule has 1 aromatic carbocycles. The maximum atomic E-state index is 12.0. The van der Waals surface area contributed by atoms with Crippen LogP contribution in [0.2, 0.25) is 0 Å². The van der Waals surface area contributed by atoms with E-state index in [-0.39, 0.29) is 24.9 Å². The number of carbonyl (C=O) groups is 2. The molecule has 0 aliphatic carbocycles. The van der Waals surface area contributed by atoms with Crippen LogP contribution in [0.25, 0.3) is 0 Å². The van der Waals surface area contributed by atoms with Crippen LogP contribution in [-0.2, 0) is 4.74 Å². The molecule has 0 saturated carbocycles. The molecule has 0 fully saturated rings. The first kappa shape index (κ1) is 17.8. The zero-order chi connectivity index (χ0) is 18.4. The molecule has 1 amide bonds. The predicted octanol–water partition coefficient (Wildman–Crippen LogP) is 4.14. The van der Waals surface area contributed by atoms with Gasteiger partial charge in [-0.1, -0.05) is 12.1 Å². The Bertz CT molecular complexity index is 885. The summed E-state index contributed by atoms with van der Waals surface area (Å²) in [4.78, 5) is 24.3. The summed E-state index contributed by atoms with van der Waals surface area (Å²) in [5.74, 6) is 0.112. The third-order valence-electron chi connectivity index (χ3n) is 3.36. The second-order valence-corrected chi connectivity index (χ2v) is 6.48. The highest BCUT2D eigenvalue weighted by molar-refractivity contribution is 7.18. The fourth-order valence-electron chi connectivity index (χ4n) is 2.17. The average molecular weight is 371 g/mol. The molecule has 1 N–H and O–H groups in total. The van der Waals surface area contributed by atoms with Gasteiger partial charge in [-0.3, -0.25) is 4.79 Å². The van der Waals surface area contributed by atoms with Crippen LogP contribution in [0, 0.1) is 6.92 Å². The highest BCUT2D eigenvalue weighted by atomic mass is 32.1. The van der Waals surface area contributed by atoms with Crippen LogP contribution in [0.1, 0.15) is 25.8 Å². The van der Waals surface area contributed by atoms with Gasteiger partial charge in [0, 0.05) is 0 Å². The van der Waals surface area contributed by atoms with Crippen molar-refractivity contribution in [2.75, 3.05) is 18.5 Å². The molecule has 0 unspecified atom stereocenters. The molecule has 134 valence electrons. The average Bonchev–Trinajstić information content (AvgIpc) is 3.30. The normalized spacial score (nSPS) is 10.3. The van der Waals surface area contributed by atoms with E-state index in [0.29, 0.717) is 9.88 Å². The SMILES string of the molecule is Cc1cccc(OCCOC(=O)c2ccc(NC(=O)c3ccco3)s2)c1. The Morgan fingerprint density at radius 1 is 1.12 bits per heavy atom. The summed E-state index contributed by atoms with van der Waals surface area (Å²) in [6.45, 7) is 2.38. The number of furan rings is 1. The quantitative estimate of drug-likeness (QED) is 0.499. The van der Waals surface area contributed by atoms with Crippen molar-refractivity contribution in [1.82, 2.24) is 0 Å². The minimum absolute atomic E-state index is 0.138. The lowest BCUT2D eigenvalue weighted by Crippen LogP contribution is -2.11. The number of carbonyl (C=O) groups excluding carboxylic acids is 2. The Labute approximate surface area is 154 Å². The molecule has 7 heteroatoms. The van der Waals surface area contributed by atoms with Crippen LogP contribution < -0.4 is 10.1 Å². The van der Waals surface area contributed by atoms with Crippen molar-refractivity contribution < 1.29 is 23.5 Å². The summed E-state index contributed by atoms with van der Waals surface area (Å²) in [5.41, 5.74) is 1.10. The maximum Gasteiger partial charge on any atom is 0.348 e. The van der Waals surface area contributed by atoms with E-state index in [1.54, 1.807) is 24.3 Å². The third-order valence-corrected chi connectivity index (χ3v) is 4.34. The standard InChI is InChI=1S/C19H17NO5S/c1-13-4-2-5-14(12-13)23-10-11-25-19(22)16-7-8-17(26-16)20-18(21)15-6-3-9-24-15/h2-9,12H,10-11H2,1H3,(H,20,21). The number of rotatable bonds is 7. The molecule has 3 aromatic rings. The smallest absolute Gasteiger partial charge is 0.348 e. The summed E-state index contributed by atoms with van der Waals surface area (Å²) in [6.07, 6.45) is 1.42. The number of ether oxygens (including phenoxy) is 2. The van der Waals surface area contributed by atoms with Crippen LogP contribution >= 0.6 is 11.3 Å². The van der Waals surface area contributed by atoms with E-state index in [1.807, 2.05) is 31.2 Å². The molecule has 0 atom stereocenters. The zero-order valence-electron chi connectivity index (χ0n) is 14.1. The fraction of sp³-hybridized carbons (Fsp3) is 0.158. The summed E-state index contributed by atoms with van der Waals surface area (Å²) < 4.78 is 15.7. The maximum absolute atomic E-state index is 12.0. The molecular formula is C19H17NO5S. The van der Waals surface area contributed by atoms with Gasteiger partial charge in [0.2, 0.25) is 0 Å². The number of nitrogens with one attached hydrogen (secondary N) is 1. The lowest BCUT2D eigenvalue weighted by molar-refractivity contribution is 0.0456. The highest BCUT2D eigenvalue weighted by Crippen LogP contribution is 2.23. The van der Waals surface area contributed by atoms with Crippen molar-refractivity contribution in [2.24, 2.45) is 0 Å². The van der Waals surface area contributed by atoms with Crippen molar-refractivity contribution in [2.45, 2.75) is 6.92 Å². The zero-order valence-corrected chi connectivity index (χ0v) is 14.9. The van der Waals surface area contributed by atoms with Crippen molar-refractivity contribution in [3.8, 4) is 5.75 Å². The summed E-state index contributed by atoms with van der Waals surface area (Å²) in [5, 5.41) is 3.20. The number of hydrogen-bond donors (Lipinski definition) is 1. The Balaban J connectivity index is 1.45. The van der Waals surface area contributed by atoms with Gasteiger partial charge in [-0.2, -0.15) is 0 Å². The van der Waals surface area contributed by atoms with Gasteiger partial charge in [-0.15, -0.1) is 11.3 Å². The van der Waals surface area contributed by atoms with Gasteiger partial charge in [-0.25, -0.2) is 4.79 Å². The van der Waals surface area contributed by atoms with Crippen molar-refractivity contribution in [3.63, 3.8) is 0 Å². The Hall–Kier alpha value is -3.06. The minimum Gasteiger partial charge on any atom is -0.490 e. The monoisotopic (exact) mass is 371 g/mol. The van der Waals surface area contributed by atoms with Crippen LogP contribution in [0.3, 0.4) is 0 Å². The first-order valence-electron chi connectivity index (χ1n) is 7.93. The van der Waals surface area contributed by atoms with E-state index in [4.69, 9.17) is 13.9 Å². The van der Waals surface area contributed by atoms with Gasteiger partial charge < -0.3 is 19.2 Å². The van der Waals surface area contributed by atoms with E-state index >= 15 is 0 Å². The van der Waals surface area contributed by atoms with Gasteiger partial charge in [0.05, 0.1) is 11.3 Å².